The van der Waals surface area contributed by atoms with Gasteiger partial charge < -0.3 is 15.4 Å². The van der Waals surface area contributed by atoms with Crippen LogP contribution < -0.4 is 10.6 Å². The molecule has 3 aromatic rings. The molecule has 0 saturated carbocycles. The lowest BCUT2D eigenvalue weighted by Gasteiger charge is -2.16. The molecule has 4 rings (SSSR count). The van der Waals surface area contributed by atoms with Crippen molar-refractivity contribution in [3.05, 3.63) is 30.1 Å². The second kappa shape index (κ2) is 7.18. The topological polar surface area (TPSA) is 111 Å². The van der Waals surface area contributed by atoms with Crippen molar-refractivity contribution in [1.82, 2.24) is 24.9 Å². The van der Waals surface area contributed by atoms with Crippen LogP contribution in [0, 0.1) is 0 Å². The maximum Gasteiger partial charge on any atom is 0.378 e. The highest BCUT2D eigenvalue weighted by molar-refractivity contribution is 5.95. The monoisotopic (exact) mass is 368 g/mol. The molecule has 0 radical (unpaired) electrons. The van der Waals surface area contributed by atoms with Gasteiger partial charge in [0.2, 0.25) is 11.9 Å². The van der Waals surface area contributed by atoms with E-state index in [9.17, 15) is 9.59 Å². The van der Waals surface area contributed by atoms with Crippen LogP contribution in [0.3, 0.4) is 0 Å². The predicted molar refractivity (Wildman–Crippen MR) is 98.5 cm³/mol. The Labute approximate surface area is 155 Å². The molecule has 2 aromatic heterocycles. The van der Waals surface area contributed by atoms with Gasteiger partial charge >= 0.3 is 5.97 Å². The van der Waals surface area contributed by atoms with Gasteiger partial charge in [-0.1, -0.05) is 12.1 Å². The van der Waals surface area contributed by atoms with Crippen molar-refractivity contribution in [2.75, 3.05) is 18.5 Å². The van der Waals surface area contributed by atoms with Crippen LogP contribution in [0.4, 0.5) is 5.95 Å². The minimum absolute atomic E-state index is 0.0385. The van der Waals surface area contributed by atoms with E-state index in [-0.39, 0.29) is 18.3 Å². The molecule has 0 bridgehead atoms. The number of nitrogens with zero attached hydrogens (tertiary/aromatic N) is 4. The third-order valence-corrected chi connectivity index (χ3v) is 4.48. The third kappa shape index (κ3) is 3.27. The average Bonchev–Trinajstić information content (AvgIpc) is 3.03. The number of anilines is 1. The molecule has 1 aromatic carbocycles. The molecule has 1 fully saturated rings. The standard InChI is InChI=1S/C18H20N6O3/c1-2-27-17(26)14-22-15-11-7-3-4-8-12(11)20-18(24(15)23-14)21-13-9-5-6-10-19-16(13)25/h3-4,7-8,13H,2,5-6,9-10H2,1H3,(H,19,25)(H,20,21)/t13-/m1/s1. The molecular weight excluding hydrogens is 348 g/mol. The normalized spacial score (nSPS) is 17.5. The minimum Gasteiger partial charge on any atom is -0.460 e. The Hall–Kier alpha value is -3.23. The third-order valence-electron chi connectivity index (χ3n) is 4.48. The molecule has 1 atom stereocenters. The molecule has 9 nitrogen and oxygen atoms in total. The van der Waals surface area contributed by atoms with E-state index in [1.165, 1.54) is 4.52 Å². The first-order valence-electron chi connectivity index (χ1n) is 9.04. The molecule has 1 amide bonds. The van der Waals surface area contributed by atoms with Crippen LogP contribution in [0.25, 0.3) is 16.6 Å². The van der Waals surface area contributed by atoms with Crippen molar-refractivity contribution in [3.8, 4) is 0 Å². The first-order chi connectivity index (χ1) is 13.2. The fourth-order valence-electron chi connectivity index (χ4n) is 3.16. The zero-order chi connectivity index (χ0) is 18.8. The number of fused-ring (bicyclic) bond motifs is 3. The van der Waals surface area contributed by atoms with E-state index in [0.29, 0.717) is 30.1 Å². The van der Waals surface area contributed by atoms with Gasteiger partial charge in [-0.15, -0.1) is 5.10 Å². The van der Waals surface area contributed by atoms with Gasteiger partial charge in [0.25, 0.3) is 5.82 Å². The average molecular weight is 368 g/mol. The maximum absolute atomic E-state index is 12.3. The smallest absolute Gasteiger partial charge is 0.378 e. The van der Waals surface area contributed by atoms with Gasteiger partial charge in [0.1, 0.15) is 6.04 Å². The summed E-state index contributed by atoms with van der Waals surface area (Å²) in [5, 5.41) is 11.1. The van der Waals surface area contributed by atoms with E-state index in [0.717, 1.165) is 18.2 Å². The second-order valence-corrected chi connectivity index (χ2v) is 6.33. The second-order valence-electron chi connectivity index (χ2n) is 6.33. The highest BCUT2D eigenvalue weighted by Crippen LogP contribution is 2.22. The Morgan fingerprint density at radius 3 is 3.04 bits per heavy atom. The molecule has 1 aliphatic heterocycles. The Morgan fingerprint density at radius 1 is 1.33 bits per heavy atom. The van der Waals surface area contributed by atoms with Crippen molar-refractivity contribution < 1.29 is 14.3 Å². The Kier molecular flexibility index (Phi) is 4.57. The van der Waals surface area contributed by atoms with E-state index in [2.05, 4.69) is 25.7 Å². The first kappa shape index (κ1) is 17.2. The van der Waals surface area contributed by atoms with Gasteiger partial charge in [-0.2, -0.15) is 4.52 Å². The lowest BCUT2D eigenvalue weighted by Crippen LogP contribution is -2.38. The minimum atomic E-state index is -0.594. The van der Waals surface area contributed by atoms with Gasteiger partial charge in [-0.05, 0) is 38.3 Å². The highest BCUT2D eigenvalue weighted by atomic mass is 16.5. The van der Waals surface area contributed by atoms with Gasteiger partial charge in [-0.3, -0.25) is 4.79 Å². The first-order valence-corrected chi connectivity index (χ1v) is 9.04. The summed E-state index contributed by atoms with van der Waals surface area (Å²) in [6.07, 6.45) is 2.57. The number of carbonyl (C=O) groups excluding carboxylic acids is 2. The number of para-hydroxylation sites is 1. The SMILES string of the molecule is CCOC(=O)c1nc2c3ccccc3nc(N[C@@H]3CCCCNC3=O)n2n1. The zero-order valence-corrected chi connectivity index (χ0v) is 14.9. The molecule has 140 valence electrons. The molecule has 9 heteroatoms. The lowest BCUT2D eigenvalue weighted by atomic mass is 10.1. The number of benzene rings is 1. The quantitative estimate of drug-likeness (QED) is 0.672. The van der Waals surface area contributed by atoms with Crippen molar-refractivity contribution in [2.45, 2.75) is 32.2 Å². The van der Waals surface area contributed by atoms with Gasteiger partial charge in [0, 0.05) is 11.9 Å². The van der Waals surface area contributed by atoms with Crippen LogP contribution >= 0.6 is 0 Å². The van der Waals surface area contributed by atoms with Gasteiger partial charge in [0.05, 0.1) is 12.1 Å². The summed E-state index contributed by atoms with van der Waals surface area (Å²) in [6.45, 7) is 2.64. The van der Waals surface area contributed by atoms with E-state index < -0.39 is 12.0 Å². The molecule has 1 saturated heterocycles. The molecule has 3 heterocycles. The van der Waals surface area contributed by atoms with Crippen LogP contribution in [0.5, 0.6) is 0 Å². The molecule has 1 aliphatic rings. The summed E-state index contributed by atoms with van der Waals surface area (Å²) in [4.78, 5) is 33.3. The predicted octanol–water partition coefficient (Wildman–Crippen LogP) is 1.53. The number of rotatable bonds is 4. The Balaban J connectivity index is 1.82. The van der Waals surface area contributed by atoms with E-state index in [1.807, 2.05) is 24.3 Å². The molecule has 0 spiro atoms. The van der Waals surface area contributed by atoms with Crippen molar-refractivity contribution >= 4 is 34.4 Å². The van der Waals surface area contributed by atoms with E-state index in [4.69, 9.17) is 4.74 Å². The molecular formula is C18H20N6O3. The lowest BCUT2D eigenvalue weighted by molar-refractivity contribution is -0.121. The van der Waals surface area contributed by atoms with E-state index in [1.54, 1.807) is 6.92 Å². The number of nitrogens with one attached hydrogen (secondary N) is 2. The molecule has 0 aliphatic carbocycles. The zero-order valence-electron chi connectivity index (χ0n) is 14.9. The number of amides is 1. The number of ether oxygens (including phenoxy) is 1. The van der Waals surface area contributed by atoms with Gasteiger partial charge in [0.15, 0.2) is 5.65 Å². The van der Waals surface area contributed by atoms with Crippen LogP contribution in [0.2, 0.25) is 0 Å². The van der Waals surface area contributed by atoms with Crippen LogP contribution in [-0.2, 0) is 9.53 Å². The molecule has 27 heavy (non-hydrogen) atoms. The Bertz CT molecular complexity index is 1010. The fourth-order valence-corrected chi connectivity index (χ4v) is 3.16. The summed E-state index contributed by atoms with van der Waals surface area (Å²) >= 11 is 0. The largest absolute Gasteiger partial charge is 0.460 e. The number of hydrogen-bond donors (Lipinski definition) is 2. The summed E-state index contributed by atoms with van der Waals surface area (Å²) in [5.41, 5.74) is 1.18. The number of esters is 1. The number of aromatic nitrogens is 4. The van der Waals surface area contributed by atoms with Gasteiger partial charge in [-0.25, -0.2) is 14.8 Å². The Morgan fingerprint density at radius 2 is 2.19 bits per heavy atom. The highest BCUT2D eigenvalue weighted by Gasteiger charge is 2.24. The van der Waals surface area contributed by atoms with Crippen molar-refractivity contribution in [2.24, 2.45) is 0 Å². The summed E-state index contributed by atoms with van der Waals surface area (Å²) < 4.78 is 6.48. The van der Waals surface area contributed by atoms with Crippen LogP contribution in [0.1, 0.15) is 36.8 Å². The van der Waals surface area contributed by atoms with Crippen molar-refractivity contribution in [3.63, 3.8) is 0 Å². The summed E-state index contributed by atoms with van der Waals surface area (Å²) in [5.74, 6) is -0.332. The summed E-state index contributed by atoms with van der Waals surface area (Å²) in [6, 6.07) is 7.04. The van der Waals surface area contributed by atoms with Crippen LogP contribution in [-0.4, -0.2) is 50.7 Å². The van der Waals surface area contributed by atoms with Crippen LogP contribution in [0.15, 0.2) is 24.3 Å². The fraction of sp³-hybridized carbons (Fsp3) is 0.389. The molecule has 2 N–H and O–H groups in total. The molecule has 0 unspecified atom stereocenters. The maximum atomic E-state index is 12.3. The van der Waals surface area contributed by atoms with E-state index >= 15 is 0 Å². The van der Waals surface area contributed by atoms with Crippen molar-refractivity contribution in [1.29, 1.82) is 0 Å². The number of hydrogen-bond acceptors (Lipinski definition) is 7. The number of carbonyl (C=O) groups is 2. The summed E-state index contributed by atoms with van der Waals surface area (Å²) in [7, 11) is 0.